The van der Waals surface area contributed by atoms with Gasteiger partial charge in [-0.2, -0.15) is 0 Å². The van der Waals surface area contributed by atoms with Crippen LogP contribution in [0.2, 0.25) is 0 Å². The highest BCUT2D eigenvalue weighted by atomic mass is 16.5. The molecule has 0 aliphatic carbocycles. The molecule has 26 heavy (non-hydrogen) atoms. The van der Waals surface area contributed by atoms with Gasteiger partial charge in [-0.15, -0.1) is 0 Å². The molecule has 7 nitrogen and oxygen atoms in total. The molecule has 2 aromatic rings. The molecule has 1 saturated heterocycles. The van der Waals surface area contributed by atoms with Crippen LogP contribution in [0.25, 0.3) is 11.0 Å². The van der Waals surface area contributed by atoms with Gasteiger partial charge in [0.2, 0.25) is 5.91 Å². The first-order valence-corrected chi connectivity index (χ1v) is 8.59. The van der Waals surface area contributed by atoms with Crippen LogP contribution in [0.1, 0.15) is 11.1 Å². The van der Waals surface area contributed by atoms with Crippen molar-refractivity contribution in [1.82, 2.24) is 9.80 Å². The molecule has 0 atom stereocenters. The lowest BCUT2D eigenvalue weighted by Gasteiger charge is -2.32. The van der Waals surface area contributed by atoms with Gasteiger partial charge in [0.15, 0.2) is 0 Å². The van der Waals surface area contributed by atoms with Gasteiger partial charge in [-0.3, -0.25) is 4.79 Å². The smallest absolute Gasteiger partial charge is 0.340 e. The van der Waals surface area contributed by atoms with Gasteiger partial charge >= 0.3 is 5.63 Å². The average molecular weight is 360 g/mol. The summed E-state index contributed by atoms with van der Waals surface area (Å²) >= 11 is 0. The Kier molecular flexibility index (Phi) is 5.18. The molecule has 1 amide bonds. The molecule has 2 heterocycles. The zero-order valence-corrected chi connectivity index (χ0v) is 15.6. The molecule has 140 valence electrons. The number of aryl methyl sites for hydroxylation is 1. The lowest BCUT2D eigenvalue weighted by molar-refractivity contribution is -0.132. The Bertz CT molecular complexity index is 882. The van der Waals surface area contributed by atoms with E-state index in [4.69, 9.17) is 13.9 Å². The van der Waals surface area contributed by atoms with E-state index in [9.17, 15) is 9.59 Å². The predicted octanol–water partition coefficient (Wildman–Crippen LogP) is 1.44. The van der Waals surface area contributed by atoms with Crippen molar-refractivity contribution in [3.63, 3.8) is 0 Å². The number of rotatable bonds is 4. The van der Waals surface area contributed by atoms with Gasteiger partial charge < -0.3 is 23.7 Å². The molecule has 7 heteroatoms. The van der Waals surface area contributed by atoms with E-state index >= 15 is 0 Å². The number of methoxy groups -OCH3 is 2. The van der Waals surface area contributed by atoms with Gasteiger partial charge in [0, 0.05) is 38.3 Å². The standard InChI is InChI=1S/C19H24N2O5/c1-12-14(11-17(22)21-7-5-20(2)6-8-21)19(23)26-16-10-13(24-3)9-15(25-4)18(12)16/h9-10H,5-8,11H2,1-4H3. The SMILES string of the molecule is COc1cc(OC)c2c(C)c(CC(=O)N3CCN(C)CC3)c(=O)oc2c1. The normalized spacial score (nSPS) is 15.3. The Morgan fingerprint density at radius 1 is 1.15 bits per heavy atom. The number of carbonyl (C=O) groups is 1. The Labute approximate surface area is 152 Å². The fourth-order valence-corrected chi connectivity index (χ4v) is 3.28. The lowest BCUT2D eigenvalue weighted by atomic mass is 10.0. The number of ether oxygens (including phenoxy) is 2. The topological polar surface area (TPSA) is 72.2 Å². The van der Waals surface area contributed by atoms with Crippen LogP contribution in [-0.4, -0.2) is 63.2 Å². The monoisotopic (exact) mass is 360 g/mol. The highest BCUT2D eigenvalue weighted by Gasteiger charge is 2.23. The van der Waals surface area contributed by atoms with Crippen LogP contribution < -0.4 is 15.1 Å². The number of carbonyl (C=O) groups excluding carboxylic acids is 1. The summed E-state index contributed by atoms with van der Waals surface area (Å²) in [6.45, 7) is 4.85. The summed E-state index contributed by atoms with van der Waals surface area (Å²) in [5.41, 5.74) is 0.982. The first kappa shape index (κ1) is 18.3. The summed E-state index contributed by atoms with van der Waals surface area (Å²) in [6, 6.07) is 3.39. The van der Waals surface area contributed by atoms with Crippen LogP contribution in [0.3, 0.4) is 0 Å². The van der Waals surface area contributed by atoms with Crippen LogP contribution in [0.5, 0.6) is 11.5 Å². The minimum Gasteiger partial charge on any atom is -0.496 e. The van der Waals surface area contributed by atoms with E-state index in [-0.39, 0.29) is 12.3 Å². The zero-order valence-electron chi connectivity index (χ0n) is 15.6. The molecule has 0 saturated carbocycles. The molecule has 0 unspecified atom stereocenters. The van der Waals surface area contributed by atoms with E-state index < -0.39 is 5.63 Å². The van der Waals surface area contributed by atoms with Crippen molar-refractivity contribution >= 4 is 16.9 Å². The first-order chi connectivity index (χ1) is 12.4. The summed E-state index contributed by atoms with van der Waals surface area (Å²) in [5, 5.41) is 0.689. The van der Waals surface area contributed by atoms with Crippen molar-refractivity contribution in [2.45, 2.75) is 13.3 Å². The molecule has 1 aliphatic rings. The maximum Gasteiger partial charge on any atom is 0.340 e. The summed E-state index contributed by atoms with van der Waals surface area (Å²) in [4.78, 5) is 29.1. The zero-order chi connectivity index (χ0) is 18.8. The van der Waals surface area contributed by atoms with Crippen molar-refractivity contribution in [3.05, 3.63) is 33.7 Å². The van der Waals surface area contributed by atoms with Crippen molar-refractivity contribution in [2.24, 2.45) is 0 Å². The van der Waals surface area contributed by atoms with Crippen molar-refractivity contribution < 1.29 is 18.7 Å². The molecule has 3 rings (SSSR count). The molecule has 1 aromatic heterocycles. The average Bonchev–Trinajstić information content (AvgIpc) is 2.64. The number of likely N-dealkylation sites (N-methyl/N-ethyl adjacent to an activating group) is 1. The summed E-state index contributed by atoms with van der Waals surface area (Å²) < 4.78 is 16.1. The van der Waals surface area contributed by atoms with E-state index in [1.54, 1.807) is 24.1 Å². The number of amides is 1. The maximum atomic E-state index is 12.6. The third-order valence-electron chi connectivity index (χ3n) is 4.96. The Hall–Kier alpha value is -2.54. The summed E-state index contributed by atoms with van der Waals surface area (Å²) in [6.07, 6.45) is 0.0308. The summed E-state index contributed by atoms with van der Waals surface area (Å²) in [7, 11) is 5.12. The third kappa shape index (κ3) is 3.39. The van der Waals surface area contributed by atoms with Crippen LogP contribution >= 0.6 is 0 Å². The Morgan fingerprint density at radius 3 is 2.46 bits per heavy atom. The number of benzene rings is 1. The molecule has 0 bridgehead atoms. The van der Waals surface area contributed by atoms with E-state index in [0.717, 1.165) is 13.1 Å². The van der Waals surface area contributed by atoms with Crippen molar-refractivity contribution in [2.75, 3.05) is 47.4 Å². The molecule has 0 N–H and O–H groups in total. The van der Waals surface area contributed by atoms with Crippen LogP contribution in [0, 0.1) is 6.92 Å². The van der Waals surface area contributed by atoms with E-state index in [1.165, 1.54) is 7.11 Å². The molecule has 1 aromatic carbocycles. The molecule has 0 radical (unpaired) electrons. The fraction of sp³-hybridized carbons (Fsp3) is 0.474. The van der Waals surface area contributed by atoms with Gasteiger partial charge in [-0.05, 0) is 19.5 Å². The minimum absolute atomic E-state index is 0.0308. The molecular weight excluding hydrogens is 336 g/mol. The molecule has 1 fully saturated rings. The fourth-order valence-electron chi connectivity index (χ4n) is 3.28. The minimum atomic E-state index is -0.493. The van der Waals surface area contributed by atoms with Gasteiger partial charge in [0.05, 0.1) is 31.6 Å². The Balaban J connectivity index is 1.98. The maximum absolute atomic E-state index is 12.6. The van der Waals surface area contributed by atoms with Gasteiger partial charge in [0.25, 0.3) is 0 Å². The number of hydrogen-bond acceptors (Lipinski definition) is 6. The highest BCUT2D eigenvalue weighted by Crippen LogP contribution is 2.33. The first-order valence-electron chi connectivity index (χ1n) is 8.59. The van der Waals surface area contributed by atoms with E-state index in [1.807, 2.05) is 14.0 Å². The van der Waals surface area contributed by atoms with E-state index in [0.29, 0.717) is 46.7 Å². The van der Waals surface area contributed by atoms with Crippen LogP contribution in [0.15, 0.2) is 21.3 Å². The van der Waals surface area contributed by atoms with Crippen LogP contribution in [-0.2, 0) is 11.2 Å². The number of nitrogens with zero attached hydrogens (tertiary/aromatic N) is 2. The third-order valence-corrected chi connectivity index (χ3v) is 4.96. The Morgan fingerprint density at radius 2 is 1.85 bits per heavy atom. The highest BCUT2D eigenvalue weighted by molar-refractivity contribution is 5.90. The van der Waals surface area contributed by atoms with Gasteiger partial charge in [-0.1, -0.05) is 0 Å². The van der Waals surface area contributed by atoms with E-state index in [2.05, 4.69) is 4.90 Å². The quantitative estimate of drug-likeness (QED) is 0.768. The second kappa shape index (κ2) is 7.37. The van der Waals surface area contributed by atoms with Crippen molar-refractivity contribution in [1.29, 1.82) is 0 Å². The molecular formula is C19H24N2O5. The van der Waals surface area contributed by atoms with Gasteiger partial charge in [-0.25, -0.2) is 4.79 Å². The van der Waals surface area contributed by atoms with Gasteiger partial charge in [0.1, 0.15) is 17.1 Å². The second-order valence-corrected chi connectivity index (χ2v) is 6.56. The molecule has 0 spiro atoms. The number of fused-ring (bicyclic) bond motifs is 1. The second-order valence-electron chi connectivity index (χ2n) is 6.56. The molecule has 1 aliphatic heterocycles. The largest absolute Gasteiger partial charge is 0.496 e. The van der Waals surface area contributed by atoms with Crippen LogP contribution in [0.4, 0.5) is 0 Å². The number of piperazine rings is 1. The lowest BCUT2D eigenvalue weighted by Crippen LogP contribution is -2.47. The number of hydrogen-bond donors (Lipinski definition) is 0. The predicted molar refractivity (Wildman–Crippen MR) is 98.1 cm³/mol. The van der Waals surface area contributed by atoms with Crippen molar-refractivity contribution in [3.8, 4) is 11.5 Å². The summed E-state index contributed by atoms with van der Waals surface area (Å²) in [5.74, 6) is 1.03.